The Hall–Kier alpha value is -1.81. The van der Waals surface area contributed by atoms with Gasteiger partial charge >= 0.3 is 5.97 Å². The molecule has 1 atom stereocenters. The Morgan fingerprint density at radius 2 is 2.05 bits per heavy atom. The highest BCUT2D eigenvalue weighted by molar-refractivity contribution is 5.94. The Bertz CT molecular complexity index is 746. The van der Waals surface area contributed by atoms with Gasteiger partial charge in [0, 0.05) is 23.0 Å². The zero-order valence-electron chi connectivity index (χ0n) is 13.6. The van der Waals surface area contributed by atoms with Crippen molar-refractivity contribution < 1.29 is 9.53 Å². The van der Waals surface area contributed by atoms with Crippen LogP contribution in [0.3, 0.4) is 0 Å². The summed E-state index contributed by atoms with van der Waals surface area (Å²) < 4.78 is 7.41. The molecule has 0 N–H and O–H groups in total. The van der Waals surface area contributed by atoms with Crippen LogP contribution >= 0.6 is 12.4 Å². The summed E-state index contributed by atoms with van der Waals surface area (Å²) in [5.41, 5.74) is 6.88. The van der Waals surface area contributed by atoms with Crippen LogP contribution in [0.4, 0.5) is 0 Å². The molecule has 0 saturated heterocycles. The van der Waals surface area contributed by atoms with Gasteiger partial charge < -0.3 is 9.30 Å². The molecule has 5 heteroatoms. The van der Waals surface area contributed by atoms with Crippen molar-refractivity contribution >= 4 is 23.9 Å². The van der Waals surface area contributed by atoms with E-state index in [9.17, 15) is 4.79 Å². The summed E-state index contributed by atoms with van der Waals surface area (Å²) in [5, 5.41) is 0. The first-order chi connectivity index (χ1) is 9.95. The summed E-state index contributed by atoms with van der Waals surface area (Å²) in [4.78, 5) is 16.5. The number of hydrogen-bond donors (Lipinski definition) is 0. The molecule has 0 aliphatic carbocycles. The third-order valence-electron chi connectivity index (χ3n) is 4.25. The van der Waals surface area contributed by atoms with Crippen molar-refractivity contribution in [3.05, 3.63) is 34.8 Å². The first-order valence-corrected chi connectivity index (χ1v) is 7.33. The Morgan fingerprint density at radius 1 is 1.36 bits per heavy atom. The van der Waals surface area contributed by atoms with Crippen molar-refractivity contribution in [1.82, 2.24) is 9.55 Å². The first-order valence-electron chi connectivity index (χ1n) is 7.33. The number of hydrogen-bond acceptors (Lipinski definition) is 3. The van der Waals surface area contributed by atoms with E-state index in [4.69, 9.17) is 4.74 Å². The summed E-state index contributed by atoms with van der Waals surface area (Å²) in [7, 11) is 0. The predicted molar refractivity (Wildman–Crippen MR) is 89.9 cm³/mol. The molecule has 0 saturated carbocycles. The number of aromatic nitrogens is 2. The number of rotatable bonds is 2. The van der Waals surface area contributed by atoms with Gasteiger partial charge in [-0.2, -0.15) is 0 Å². The van der Waals surface area contributed by atoms with Crippen LogP contribution in [0.25, 0.3) is 16.8 Å². The molecule has 0 aromatic rings. The summed E-state index contributed by atoms with van der Waals surface area (Å²) in [6.07, 6.45) is 2.25. The van der Waals surface area contributed by atoms with E-state index < -0.39 is 0 Å². The molecule has 0 aromatic heterocycles. The smallest absolute Gasteiger partial charge is 0.357 e. The number of fused-ring (bicyclic) bond motifs is 2. The zero-order chi connectivity index (χ0) is 15.3. The lowest BCUT2D eigenvalue weighted by atomic mass is 10.0. The number of nitrogens with zero attached hydrogens (tertiary/aromatic N) is 2. The molecule has 3 aliphatic heterocycles. The van der Waals surface area contributed by atoms with Gasteiger partial charge in [-0.25, -0.2) is 9.78 Å². The van der Waals surface area contributed by atoms with Gasteiger partial charge in [0.15, 0.2) is 5.69 Å². The maximum atomic E-state index is 12.0. The summed E-state index contributed by atoms with van der Waals surface area (Å²) in [5.74, 6) is -0.337. The molecule has 3 heterocycles. The molecular weight excluding hydrogens is 300 g/mol. The summed E-state index contributed by atoms with van der Waals surface area (Å²) in [6.45, 7) is 10.5. The average molecular weight is 321 g/mol. The molecule has 118 valence electrons. The fraction of sp³-hybridized carbons (Fsp3) is 0.412. The summed E-state index contributed by atoms with van der Waals surface area (Å²) >= 11 is 0. The minimum Gasteiger partial charge on any atom is -0.461 e. The number of halogens is 1. The molecule has 3 aliphatic rings. The molecule has 0 fully saturated rings. The molecule has 1 unspecified atom stereocenters. The standard InChI is InChI=1S/C17H20N2O2.ClH/c1-6-21-17(20)16-11(4)15-12(5)19-10(3)7-9(2)14(19)8-13(15)18-16;/h7-8,10H,6H2,1-5H3;1H. The van der Waals surface area contributed by atoms with E-state index in [2.05, 4.69) is 42.5 Å². The van der Waals surface area contributed by atoms with Gasteiger partial charge in [-0.05, 0) is 51.8 Å². The van der Waals surface area contributed by atoms with Crippen molar-refractivity contribution in [1.29, 1.82) is 0 Å². The molecule has 3 rings (SSSR count). The van der Waals surface area contributed by atoms with Gasteiger partial charge in [0.25, 0.3) is 0 Å². The third-order valence-corrected chi connectivity index (χ3v) is 4.25. The van der Waals surface area contributed by atoms with E-state index in [0.717, 1.165) is 22.5 Å². The molecule has 0 spiro atoms. The molecule has 0 aromatic carbocycles. The molecule has 4 nitrogen and oxygen atoms in total. The lowest BCUT2D eigenvalue weighted by molar-refractivity contribution is 0.0519. The maximum Gasteiger partial charge on any atom is 0.357 e. The van der Waals surface area contributed by atoms with Gasteiger partial charge in [0.1, 0.15) is 0 Å². The van der Waals surface area contributed by atoms with Crippen LogP contribution in [0, 0.1) is 13.8 Å². The van der Waals surface area contributed by atoms with Crippen LogP contribution in [-0.4, -0.2) is 22.1 Å². The monoisotopic (exact) mass is 320 g/mol. The van der Waals surface area contributed by atoms with Crippen LogP contribution in [0.1, 0.15) is 54.3 Å². The lowest BCUT2D eigenvalue weighted by Crippen LogP contribution is -2.09. The normalized spacial score (nSPS) is 16.2. The second-order valence-electron chi connectivity index (χ2n) is 5.64. The average Bonchev–Trinajstić information content (AvgIpc) is 2.89. The van der Waals surface area contributed by atoms with Crippen LogP contribution in [0.5, 0.6) is 0 Å². The molecule has 0 amide bonds. The Morgan fingerprint density at radius 3 is 2.68 bits per heavy atom. The second kappa shape index (κ2) is 5.76. The van der Waals surface area contributed by atoms with Gasteiger partial charge in [0.05, 0.1) is 12.3 Å². The molecular formula is C17H21ClN2O2. The number of ether oxygens (including phenoxy) is 1. The highest BCUT2D eigenvalue weighted by Gasteiger charge is 2.28. The Kier molecular flexibility index (Phi) is 4.34. The van der Waals surface area contributed by atoms with Gasteiger partial charge in [0.2, 0.25) is 0 Å². The first kappa shape index (κ1) is 16.6. The maximum absolute atomic E-state index is 12.0. The van der Waals surface area contributed by atoms with E-state index >= 15 is 0 Å². The van der Waals surface area contributed by atoms with Crippen LogP contribution in [-0.2, 0) is 4.74 Å². The van der Waals surface area contributed by atoms with E-state index in [1.165, 1.54) is 11.3 Å². The van der Waals surface area contributed by atoms with Crippen molar-refractivity contribution in [2.75, 3.05) is 6.61 Å². The predicted octanol–water partition coefficient (Wildman–Crippen LogP) is 4.18. The summed E-state index contributed by atoms with van der Waals surface area (Å²) in [6, 6.07) is 2.41. The van der Waals surface area contributed by atoms with E-state index in [1.54, 1.807) is 6.92 Å². The molecule has 22 heavy (non-hydrogen) atoms. The fourth-order valence-electron chi connectivity index (χ4n) is 3.38. The van der Waals surface area contributed by atoms with E-state index in [1.807, 2.05) is 6.92 Å². The van der Waals surface area contributed by atoms with E-state index in [-0.39, 0.29) is 18.4 Å². The highest BCUT2D eigenvalue weighted by Crippen LogP contribution is 2.39. The van der Waals surface area contributed by atoms with Crippen molar-refractivity contribution in [3.63, 3.8) is 0 Å². The third kappa shape index (κ3) is 2.22. The number of pyridine rings is 1. The highest BCUT2D eigenvalue weighted by atomic mass is 35.5. The lowest BCUT2D eigenvalue weighted by Gasteiger charge is -2.19. The van der Waals surface area contributed by atoms with Crippen LogP contribution < -0.4 is 0 Å². The van der Waals surface area contributed by atoms with Crippen molar-refractivity contribution in [2.24, 2.45) is 0 Å². The number of esters is 1. The van der Waals surface area contributed by atoms with Gasteiger partial charge in [-0.3, -0.25) is 0 Å². The molecule has 0 radical (unpaired) electrons. The Balaban J connectivity index is 0.00000176. The SMILES string of the molecule is CCOC(=O)c1nc2cc3n(c(C)c-2c1C)C(C)C=C3C.Cl. The number of carbonyl (C=O) groups is 1. The minimum atomic E-state index is -0.337. The van der Waals surface area contributed by atoms with E-state index in [0.29, 0.717) is 18.3 Å². The topological polar surface area (TPSA) is 44.1 Å². The second-order valence-corrected chi connectivity index (χ2v) is 5.64. The van der Waals surface area contributed by atoms with Gasteiger partial charge in [-0.15, -0.1) is 12.4 Å². The number of allylic oxidation sites excluding steroid dienone is 2. The van der Waals surface area contributed by atoms with Crippen LogP contribution in [0.2, 0.25) is 0 Å². The molecule has 0 bridgehead atoms. The van der Waals surface area contributed by atoms with Crippen molar-refractivity contribution in [2.45, 2.75) is 40.7 Å². The quantitative estimate of drug-likeness (QED) is 0.780. The zero-order valence-corrected chi connectivity index (χ0v) is 14.4. The van der Waals surface area contributed by atoms with Crippen LogP contribution in [0.15, 0.2) is 12.1 Å². The Labute approximate surface area is 136 Å². The van der Waals surface area contributed by atoms with Crippen molar-refractivity contribution in [3.8, 4) is 11.3 Å². The largest absolute Gasteiger partial charge is 0.461 e. The number of carbonyl (C=O) groups excluding carboxylic acids is 1. The van der Waals surface area contributed by atoms with Gasteiger partial charge in [-0.1, -0.05) is 6.08 Å². The fourth-order valence-corrected chi connectivity index (χ4v) is 3.38. The minimum absolute atomic E-state index is 0.